The van der Waals surface area contributed by atoms with Crippen molar-refractivity contribution in [2.75, 3.05) is 11.8 Å². The van der Waals surface area contributed by atoms with Gasteiger partial charge in [-0.25, -0.2) is 8.42 Å². The molecule has 0 bridgehead atoms. The molecule has 3 aromatic carbocycles. The molecule has 5 nitrogen and oxygen atoms in total. The summed E-state index contributed by atoms with van der Waals surface area (Å²) in [6, 6.07) is 22.1. The molecule has 1 N–H and O–H groups in total. The van der Waals surface area contributed by atoms with Crippen LogP contribution in [0.1, 0.15) is 21.5 Å². The molecular formula is C21H19NO4S. The minimum atomic E-state index is -3.66. The third-order valence-electron chi connectivity index (χ3n) is 3.99. The molecule has 0 spiro atoms. The van der Waals surface area contributed by atoms with Crippen LogP contribution in [0.15, 0.2) is 78.9 Å². The summed E-state index contributed by atoms with van der Waals surface area (Å²) in [7, 11) is -2.11. The number of ketones is 1. The van der Waals surface area contributed by atoms with Crippen molar-refractivity contribution in [3.8, 4) is 5.75 Å². The fourth-order valence-electron chi connectivity index (χ4n) is 2.67. The minimum absolute atomic E-state index is 0.168. The monoisotopic (exact) mass is 381 g/mol. The maximum atomic E-state index is 12.8. The van der Waals surface area contributed by atoms with Gasteiger partial charge in [0.15, 0.2) is 5.78 Å². The van der Waals surface area contributed by atoms with Crippen LogP contribution < -0.4 is 9.46 Å². The lowest BCUT2D eigenvalue weighted by molar-refractivity contribution is 0.103. The summed E-state index contributed by atoms with van der Waals surface area (Å²) in [6.45, 7) is 0. The quantitative estimate of drug-likeness (QED) is 0.631. The number of sulfonamides is 1. The van der Waals surface area contributed by atoms with E-state index < -0.39 is 10.0 Å². The number of para-hydroxylation sites is 1. The second-order valence-corrected chi connectivity index (χ2v) is 7.67. The molecule has 3 aromatic rings. The zero-order valence-electron chi connectivity index (χ0n) is 14.8. The molecule has 0 unspecified atom stereocenters. The molecule has 0 aliphatic rings. The van der Waals surface area contributed by atoms with E-state index in [1.54, 1.807) is 79.9 Å². The molecule has 0 saturated carbocycles. The highest BCUT2D eigenvalue weighted by Gasteiger charge is 2.18. The van der Waals surface area contributed by atoms with Crippen molar-refractivity contribution in [3.05, 3.63) is 95.6 Å². The van der Waals surface area contributed by atoms with Gasteiger partial charge in [-0.15, -0.1) is 0 Å². The highest BCUT2D eigenvalue weighted by molar-refractivity contribution is 7.91. The molecule has 0 heterocycles. The first-order valence-corrected chi connectivity index (χ1v) is 9.96. The highest BCUT2D eigenvalue weighted by Crippen LogP contribution is 2.22. The zero-order chi connectivity index (χ0) is 19.3. The first-order chi connectivity index (χ1) is 13.0. The Balaban J connectivity index is 1.86. The van der Waals surface area contributed by atoms with Gasteiger partial charge in [-0.1, -0.05) is 42.5 Å². The Morgan fingerprint density at radius 3 is 2.19 bits per heavy atom. The van der Waals surface area contributed by atoms with E-state index in [0.717, 1.165) is 0 Å². The summed E-state index contributed by atoms with van der Waals surface area (Å²) < 4.78 is 32.7. The summed E-state index contributed by atoms with van der Waals surface area (Å²) in [6.07, 6.45) is 0. The summed E-state index contributed by atoms with van der Waals surface area (Å²) in [4.78, 5) is 12.8. The molecule has 0 aliphatic heterocycles. The van der Waals surface area contributed by atoms with Gasteiger partial charge in [0.1, 0.15) is 5.75 Å². The van der Waals surface area contributed by atoms with Gasteiger partial charge in [0, 0.05) is 11.1 Å². The number of carbonyl (C=O) groups is 1. The predicted molar refractivity (Wildman–Crippen MR) is 106 cm³/mol. The van der Waals surface area contributed by atoms with Crippen molar-refractivity contribution in [1.82, 2.24) is 0 Å². The average molecular weight is 381 g/mol. The fourth-order valence-corrected chi connectivity index (χ4v) is 3.88. The summed E-state index contributed by atoms with van der Waals surface area (Å²) in [5, 5.41) is 0. The number of nitrogens with one attached hydrogen (secondary N) is 1. The first kappa shape index (κ1) is 18.7. The van der Waals surface area contributed by atoms with Gasteiger partial charge in [-0.3, -0.25) is 9.52 Å². The Kier molecular flexibility index (Phi) is 5.57. The number of carbonyl (C=O) groups excluding carboxylic acids is 1. The van der Waals surface area contributed by atoms with Crippen LogP contribution in [0.3, 0.4) is 0 Å². The summed E-state index contributed by atoms with van der Waals surface area (Å²) >= 11 is 0. The van der Waals surface area contributed by atoms with Crippen LogP contribution >= 0.6 is 0 Å². The van der Waals surface area contributed by atoms with Crippen LogP contribution in [0.2, 0.25) is 0 Å². The van der Waals surface area contributed by atoms with Gasteiger partial charge in [0.25, 0.3) is 0 Å². The van der Waals surface area contributed by atoms with Gasteiger partial charge in [0.2, 0.25) is 10.0 Å². The van der Waals surface area contributed by atoms with Gasteiger partial charge in [0.05, 0.1) is 18.6 Å². The average Bonchev–Trinajstić information content (AvgIpc) is 2.68. The molecule has 3 rings (SSSR count). The Hall–Kier alpha value is -3.12. The Bertz CT molecular complexity index is 1030. The zero-order valence-corrected chi connectivity index (χ0v) is 15.6. The molecule has 0 aliphatic carbocycles. The number of anilines is 1. The van der Waals surface area contributed by atoms with Crippen LogP contribution in [0.4, 0.5) is 5.69 Å². The molecule has 138 valence electrons. The Morgan fingerprint density at radius 2 is 1.52 bits per heavy atom. The maximum Gasteiger partial charge on any atom is 0.236 e. The molecule has 0 radical (unpaired) electrons. The largest absolute Gasteiger partial charge is 0.497 e. The Morgan fingerprint density at radius 1 is 0.889 bits per heavy atom. The van der Waals surface area contributed by atoms with Crippen LogP contribution in [0.5, 0.6) is 5.75 Å². The van der Waals surface area contributed by atoms with Crippen molar-refractivity contribution < 1.29 is 17.9 Å². The third kappa shape index (κ3) is 4.74. The van der Waals surface area contributed by atoms with Gasteiger partial charge >= 0.3 is 0 Å². The lowest BCUT2D eigenvalue weighted by Gasteiger charge is -2.12. The molecule has 0 saturated heterocycles. The molecule has 0 aromatic heterocycles. The molecule has 6 heteroatoms. The number of hydrogen-bond acceptors (Lipinski definition) is 4. The first-order valence-electron chi connectivity index (χ1n) is 8.31. The topological polar surface area (TPSA) is 72.5 Å². The molecule has 27 heavy (non-hydrogen) atoms. The van der Waals surface area contributed by atoms with Gasteiger partial charge < -0.3 is 4.74 Å². The molecule has 0 amide bonds. The van der Waals surface area contributed by atoms with Gasteiger partial charge in [-0.05, 0) is 42.0 Å². The van der Waals surface area contributed by atoms with E-state index in [0.29, 0.717) is 22.4 Å². The van der Waals surface area contributed by atoms with E-state index in [4.69, 9.17) is 4.74 Å². The number of ether oxygens (including phenoxy) is 1. The van der Waals surface area contributed by atoms with E-state index in [1.807, 2.05) is 6.07 Å². The Labute approximate surface area is 158 Å². The minimum Gasteiger partial charge on any atom is -0.497 e. The number of rotatable bonds is 7. The molecular weight excluding hydrogens is 362 g/mol. The predicted octanol–water partition coefficient (Wildman–Crippen LogP) is 3.87. The van der Waals surface area contributed by atoms with Crippen molar-refractivity contribution in [1.29, 1.82) is 0 Å². The van der Waals surface area contributed by atoms with E-state index in [-0.39, 0.29) is 17.2 Å². The van der Waals surface area contributed by atoms with Crippen molar-refractivity contribution in [2.24, 2.45) is 0 Å². The summed E-state index contributed by atoms with van der Waals surface area (Å²) in [5.41, 5.74) is 1.67. The van der Waals surface area contributed by atoms with Crippen molar-refractivity contribution in [2.45, 2.75) is 5.75 Å². The van der Waals surface area contributed by atoms with Crippen LogP contribution in [-0.4, -0.2) is 21.3 Å². The van der Waals surface area contributed by atoms with E-state index >= 15 is 0 Å². The maximum absolute atomic E-state index is 12.8. The van der Waals surface area contributed by atoms with Crippen LogP contribution in [0.25, 0.3) is 0 Å². The highest BCUT2D eigenvalue weighted by atomic mass is 32.2. The van der Waals surface area contributed by atoms with E-state index in [9.17, 15) is 13.2 Å². The second kappa shape index (κ2) is 8.05. The van der Waals surface area contributed by atoms with Crippen molar-refractivity contribution in [3.63, 3.8) is 0 Å². The normalized spacial score (nSPS) is 11.0. The lowest BCUT2D eigenvalue weighted by atomic mass is 10.0. The molecule has 0 atom stereocenters. The van der Waals surface area contributed by atoms with Crippen LogP contribution in [0, 0.1) is 0 Å². The third-order valence-corrected chi connectivity index (χ3v) is 5.23. The number of hydrogen-bond donors (Lipinski definition) is 1. The number of benzene rings is 3. The van der Waals surface area contributed by atoms with Gasteiger partial charge in [-0.2, -0.15) is 0 Å². The second-order valence-electron chi connectivity index (χ2n) is 5.95. The smallest absolute Gasteiger partial charge is 0.236 e. The standard InChI is InChI=1S/C21H19NO4S/c1-26-18-13-11-17(12-14-18)21(23)19-9-5-6-10-20(19)22-27(24,25)15-16-7-3-2-4-8-16/h2-14,22H,15H2,1H3. The summed E-state index contributed by atoms with van der Waals surface area (Å²) in [5.74, 6) is 0.206. The van der Waals surface area contributed by atoms with E-state index in [1.165, 1.54) is 0 Å². The molecule has 0 fully saturated rings. The van der Waals surface area contributed by atoms with Crippen LogP contribution in [-0.2, 0) is 15.8 Å². The number of methoxy groups -OCH3 is 1. The van der Waals surface area contributed by atoms with Crippen molar-refractivity contribution >= 4 is 21.5 Å². The lowest BCUT2D eigenvalue weighted by Crippen LogP contribution is -2.17. The van der Waals surface area contributed by atoms with E-state index in [2.05, 4.69) is 4.72 Å². The SMILES string of the molecule is COc1ccc(C(=O)c2ccccc2NS(=O)(=O)Cc2ccccc2)cc1. The fraction of sp³-hybridized carbons (Fsp3) is 0.0952.